The maximum Gasteiger partial charge on any atom is 0.257 e. The molecule has 0 saturated heterocycles. The van der Waals surface area contributed by atoms with Crippen LogP contribution < -0.4 is 10.6 Å². The van der Waals surface area contributed by atoms with Crippen molar-refractivity contribution in [2.75, 3.05) is 10.6 Å². The van der Waals surface area contributed by atoms with Crippen molar-refractivity contribution in [3.8, 4) is 0 Å². The summed E-state index contributed by atoms with van der Waals surface area (Å²) in [7, 11) is 0. The second-order valence-electron chi connectivity index (χ2n) is 8.76. The zero-order valence-electron chi connectivity index (χ0n) is 20.2. The summed E-state index contributed by atoms with van der Waals surface area (Å²) in [4.78, 5) is 39.6. The fourth-order valence-corrected chi connectivity index (χ4v) is 4.20. The van der Waals surface area contributed by atoms with Crippen LogP contribution in [-0.2, 0) is 0 Å². The van der Waals surface area contributed by atoms with E-state index in [1.807, 2.05) is 55.5 Å². The van der Waals surface area contributed by atoms with Gasteiger partial charge in [-0.05, 0) is 54.1 Å². The Balaban J connectivity index is 1.41. The van der Waals surface area contributed by atoms with Gasteiger partial charge in [-0.3, -0.25) is 14.4 Å². The third-order valence-corrected chi connectivity index (χ3v) is 6.14. The average molecular weight is 485 g/mol. The molecule has 0 saturated carbocycles. The van der Waals surface area contributed by atoms with Crippen LogP contribution in [-0.4, -0.2) is 17.6 Å². The number of amides is 2. The van der Waals surface area contributed by atoms with E-state index in [4.69, 9.17) is 0 Å². The fourth-order valence-electron chi connectivity index (χ4n) is 4.20. The number of aryl methyl sites for hydroxylation is 1. The first kappa shape index (κ1) is 23.7. The average Bonchev–Trinajstić information content (AvgIpc) is 2.94. The summed E-state index contributed by atoms with van der Waals surface area (Å²) >= 11 is 0. The Labute approximate surface area is 214 Å². The van der Waals surface area contributed by atoms with Crippen molar-refractivity contribution < 1.29 is 14.4 Å². The monoisotopic (exact) mass is 484 g/mol. The molecule has 5 aromatic rings. The molecular weight excluding hydrogens is 460 g/mol. The predicted octanol–water partition coefficient (Wildman–Crippen LogP) is 6.88. The standard InChI is InChI=1S/C32H24N2O3/c1-21-15-18-29(27(19-21)30(35)23-10-3-2-4-11-23)34-32(37)26-13-7-8-14-28(26)33-31(36)25-17-16-22-9-5-6-12-24(22)20-25/h2-20H,1H3,(H,33,36)(H,34,37). The highest BCUT2D eigenvalue weighted by Gasteiger charge is 2.19. The van der Waals surface area contributed by atoms with Gasteiger partial charge < -0.3 is 10.6 Å². The minimum Gasteiger partial charge on any atom is -0.321 e. The van der Waals surface area contributed by atoms with Crippen molar-refractivity contribution >= 4 is 39.7 Å². The lowest BCUT2D eigenvalue weighted by atomic mass is 9.99. The van der Waals surface area contributed by atoms with Crippen molar-refractivity contribution in [2.45, 2.75) is 6.92 Å². The first-order chi connectivity index (χ1) is 18.0. The number of benzene rings is 5. The van der Waals surface area contributed by atoms with Gasteiger partial charge in [-0.1, -0.05) is 84.4 Å². The van der Waals surface area contributed by atoms with Crippen LogP contribution in [0.4, 0.5) is 11.4 Å². The van der Waals surface area contributed by atoms with E-state index < -0.39 is 5.91 Å². The molecule has 0 atom stereocenters. The van der Waals surface area contributed by atoms with Gasteiger partial charge >= 0.3 is 0 Å². The second-order valence-corrected chi connectivity index (χ2v) is 8.76. The number of ketones is 1. The van der Waals surface area contributed by atoms with Crippen molar-refractivity contribution in [3.63, 3.8) is 0 Å². The minimum absolute atomic E-state index is 0.183. The molecule has 0 aliphatic heterocycles. The molecule has 0 aliphatic rings. The minimum atomic E-state index is -0.430. The van der Waals surface area contributed by atoms with E-state index in [9.17, 15) is 14.4 Å². The van der Waals surface area contributed by atoms with Gasteiger partial charge in [0, 0.05) is 16.7 Å². The number of hydrogen-bond donors (Lipinski definition) is 2. The van der Waals surface area contributed by atoms with Crippen molar-refractivity contribution in [3.05, 3.63) is 143 Å². The summed E-state index contributed by atoms with van der Waals surface area (Å²) in [6, 6.07) is 34.3. The summed E-state index contributed by atoms with van der Waals surface area (Å²) in [5.41, 5.74) is 3.39. The molecule has 0 spiro atoms. The van der Waals surface area contributed by atoms with E-state index in [1.165, 1.54) is 0 Å². The van der Waals surface area contributed by atoms with Crippen LogP contribution in [0.5, 0.6) is 0 Å². The number of carbonyl (C=O) groups excluding carboxylic acids is 3. The molecule has 0 bridgehead atoms. The number of nitrogens with one attached hydrogen (secondary N) is 2. The molecule has 0 aliphatic carbocycles. The Morgan fingerprint density at radius 3 is 1.97 bits per heavy atom. The third-order valence-electron chi connectivity index (χ3n) is 6.14. The number of rotatable bonds is 6. The molecule has 0 aromatic heterocycles. The number of para-hydroxylation sites is 1. The highest BCUT2D eigenvalue weighted by Crippen LogP contribution is 2.24. The first-order valence-corrected chi connectivity index (χ1v) is 11.9. The van der Waals surface area contributed by atoms with E-state index in [0.29, 0.717) is 28.1 Å². The maximum absolute atomic E-state index is 13.4. The second kappa shape index (κ2) is 10.3. The lowest BCUT2D eigenvalue weighted by molar-refractivity contribution is 0.102. The summed E-state index contributed by atoms with van der Waals surface area (Å²) in [6.07, 6.45) is 0. The smallest absolute Gasteiger partial charge is 0.257 e. The molecule has 180 valence electrons. The summed E-state index contributed by atoms with van der Waals surface area (Å²) < 4.78 is 0. The van der Waals surface area contributed by atoms with Gasteiger partial charge in [-0.2, -0.15) is 0 Å². The predicted molar refractivity (Wildman–Crippen MR) is 147 cm³/mol. The molecular formula is C32H24N2O3. The van der Waals surface area contributed by atoms with Gasteiger partial charge in [-0.25, -0.2) is 0 Å². The van der Waals surface area contributed by atoms with Gasteiger partial charge in [0.05, 0.1) is 16.9 Å². The van der Waals surface area contributed by atoms with Gasteiger partial charge in [0.15, 0.2) is 5.78 Å². The molecule has 5 heteroatoms. The number of hydrogen-bond acceptors (Lipinski definition) is 3. The lowest BCUT2D eigenvalue weighted by Gasteiger charge is -2.14. The highest BCUT2D eigenvalue weighted by molar-refractivity contribution is 6.17. The molecule has 5 rings (SSSR count). The molecule has 2 N–H and O–H groups in total. The zero-order chi connectivity index (χ0) is 25.8. The molecule has 5 nitrogen and oxygen atoms in total. The van der Waals surface area contributed by atoms with Crippen LogP contribution >= 0.6 is 0 Å². The third kappa shape index (κ3) is 5.16. The van der Waals surface area contributed by atoms with Crippen LogP contribution in [0.2, 0.25) is 0 Å². The number of carbonyl (C=O) groups is 3. The van der Waals surface area contributed by atoms with E-state index in [0.717, 1.165) is 16.3 Å². The van der Waals surface area contributed by atoms with Gasteiger partial charge in [0.25, 0.3) is 11.8 Å². The Morgan fingerprint density at radius 2 is 1.16 bits per heavy atom. The van der Waals surface area contributed by atoms with Crippen LogP contribution in [0.3, 0.4) is 0 Å². The van der Waals surface area contributed by atoms with Gasteiger partial charge in [-0.15, -0.1) is 0 Å². The summed E-state index contributed by atoms with van der Waals surface area (Å²) in [5, 5.41) is 7.73. The molecule has 0 radical (unpaired) electrons. The van der Waals surface area contributed by atoms with Crippen LogP contribution in [0.1, 0.15) is 42.2 Å². The van der Waals surface area contributed by atoms with Crippen molar-refractivity contribution in [1.82, 2.24) is 0 Å². The van der Waals surface area contributed by atoms with Gasteiger partial charge in [0.2, 0.25) is 0 Å². The fraction of sp³-hybridized carbons (Fsp3) is 0.0312. The largest absolute Gasteiger partial charge is 0.321 e. The van der Waals surface area contributed by atoms with Crippen molar-refractivity contribution in [1.29, 1.82) is 0 Å². The molecule has 0 unspecified atom stereocenters. The molecule has 0 heterocycles. The van der Waals surface area contributed by atoms with Gasteiger partial charge in [0.1, 0.15) is 0 Å². The zero-order valence-corrected chi connectivity index (χ0v) is 20.2. The van der Waals surface area contributed by atoms with Crippen molar-refractivity contribution in [2.24, 2.45) is 0 Å². The topological polar surface area (TPSA) is 75.3 Å². The Bertz CT molecular complexity index is 1640. The summed E-state index contributed by atoms with van der Waals surface area (Å²) in [6.45, 7) is 1.89. The van der Waals surface area contributed by atoms with E-state index in [2.05, 4.69) is 10.6 Å². The van der Waals surface area contributed by atoms with E-state index >= 15 is 0 Å². The molecule has 0 fully saturated rings. The van der Waals surface area contributed by atoms with E-state index in [-0.39, 0.29) is 17.3 Å². The van der Waals surface area contributed by atoms with Crippen LogP contribution in [0.15, 0.2) is 115 Å². The summed E-state index contributed by atoms with van der Waals surface area (Å²) in [5.74, 6) is -0.931. The quantitative estimate of drug-likeness (QED) is 0.258. The first-order valence-electron chi connectivity index (χ1n) is 11.9. The lowest BCUT2D eigenvalue weighted by Crippen LogP contribution is -2.19. The molecule has 37 heavy (non-hydrogen) atoms. The normalized spacial score (nSPS) is 10.6. The Hall–Kier alpha value is -5.03. The number of anilines is 2. The number of fused-ring (bicyclic) bond motifs is 1. The SMILES string of the molecule is Cc1ccc(NC(=O)c2ccccc2NC(=O)c2ccc3ccccc3c2)c(C(=O)c2ccccc2)c1. The Kier molecular flexibility index (Phi) is 6.60. The highest BCUT2D eigenvalue weighted by atomic mass is 16.2. The molecule has 5 aromatic carbocycles. The molecule has 2 amide bonds. The maximum atomic E-state index is 13.4. The van der Waals surface area contributed by atoms with Crippen LogP contribution in [0, 0.1) is 6.92 Å². The van der Waals surface area contributed by atoms with Crippen LogP contribution in [0.25, 0.3) is 10.8 Å². The van der Waals surface area contributed by atoms with E-state index in [1.54, 1.807) is 66.7 Å². The Morgan fingerprint density at radius 1 is 0.514 bits per heavy atom.